The molecule has 0 aliphatic heterocycles. The van der Waals surface area contributed by atoms with Crippen LogP contribution in [0.15, 0.2) is 12.2 Å². The SMILES string of the molecule is CCC=CCCOCC=O. The minimum atomic E-state index is 0.222. The average Bonchev–Trinajstić information content (AvgIpc) is 1.97. The molecule has 0 atom stereocenters. The summed E-state index contributed by atoms with van der Waals surface area (Å²) < 4.78 is 4.91. The van der Waals surface area contributed by atoms with Crippen LogP contribution in [0.4, 0.5) is 0 Å². The van der Waals surface area contributed by atoms with Gasteiger partial charge in [0.05, 0.1) is 6.61 Å². The van der Waals surface area contributed by atoms with Crippen molar-refractivity contribution in [1.82, 2.24) is 0 Å². The molecule has 0 saturated carbocycles. The van der Waals surface area contributed by atoms with E-state index < -0.39 is 0 Å². The predicted molar refractivity (Wildman–Crippen MR) is 40.9 cm³/mol. The predicted octanol–water partition coefficient (Wildman–Crippen LogP) is 1.56. The molecule has 0 fully saturated rings. The fraction of sp³-hybridized carbons (Fsp3) is 0.625. The molecular weight excluding hydrogens is 128 g/mol. The minimum Gasteiger partial charge on any atom is -0.374 e. The van der Waals surface area contributed by atoms with E-state index in [-0.39, 0.29) is 6.61 Å². The van der Waals surface area contributed by atoms with Gasteiger partial charge in [-0.3, -0.25) is 0 Å². The Morgan fingerprint density at radius 3 is 2.80 bits per heavy atom. The van der Waals surface area contributed by atoms with Gasteiger partial charge >= 0.3 is 0 Å². The van der Waals surface area contributed by atoms with Gasteiger partial charge in [0.25, 0.3) is 0 Å². The van der Waals surface area contributed by atoms with Crippen molar-refractivity contribution in [3.63, 3.8) is 0 Å². The fourth-order valence-corrected chi connectivity index (χ4v) is 0.567. The molecule has 2 heteroatoms. The van der Waals surface area contributed by atoms with E-state index in [0.29, 0.717) is 6.61 Å². The van der Waals surface area contributed by atoms with Crippen molar-refractivity contribution >= 4 is 6.29 Å². The van der Waals surface area contributed by atoms with Gasteiger partial charge < -0.3 is 9.53 Å². The van der Waals surface area contributed by atoms with E-state index in [4.69, 9.17) is 4.74 Å². The van der Waals surface area contributed by atoms with E-state index in [1.807, 2.05) is 0 Å². The first-order chi connectivity index (χ1) is 4.91. The van der Waals surface area contributed by atoms with Crippen LogP contribution in [-0.4, -0.2) is 19.5 Å². The third kappa shape index (κ3) is 7.37. The van der Waals surface area contributed by atoms with Crippen LogP contribution >= 0.6 is 0 Å². The third-order valence-corrected chi connectivity index (χ3v) is 1.02. The number of hydrogen-bond acceptors (Lipinski definition) is 2. The highest BCUT2D eigenvalue weighted by molar-refractivity contribution is 5.50. The fourth-order valence-electron chi connectivity index (χ4n) is 0.567. The standard InChI is InChI=1S/C8H14O2/c1-2-3-4-5-7-10-8-6-9/h3-4,6H,2,5,7-8H2,1H3. The molecule has 0 aromatic heterocycles. The molecule has 10 heavy (non-hydrogen) atoms. The first-order valence-electron chi connectivity index (χ1n) is 3.58. The lowest BCUT2D eigenvalue weighted by Crippen LogP contribution is -1.95. The summed E-state index contributed by atoms with van der Waals surface area (Å²) in [5.74, 6) is 0. The lowest BCUT2D eigenvalue weighted by Gasteiger charge is -1.93. The van der Waals surface area contributed by atoms with Crippen molar-refractivity contribution in [2.45, 2.75) is 19.8 Å². The monoisotopic (exact) mass is 142 g/mol. The van der Waals surface area contributed by atoms with Crippen molar-refractivity contribution in [3.05, 3.63) is 12.2 Å². The summed E-state index contributed by atoms with van der Waals surface area (Å²) in [5.41, 5.74) is 0. The summed E-state index contributed by atoms with van der Waals surface area (Å²) in [6, 6.07) is 0. The normalized spacial score (nSPS) is 10.5. The van der Waals surface area contributed by atoms with Gasteiger partial charge in [-0.05, 0) is 12.8 Å². The average molecular weight is 142 g/mol. The Kier molecular flexibility index (Phi) is 7.84. The molecule has 0 aliphatic carbocycles. The summed E-state index contributed by atoms with van der Waals surface area (Å²) in [5, 5.41) is 0. The first kappa shape index (κ1) is 9.37. The van der Waals surface area contributed by atoms with Crippen molar-refractivity contribution in [2.24, 2.45) is 0 Å². The van der Waals surface area contributed by atoms with Gasteiger partial charge in [0, 0.05) is 0 Å². The van der Waals surface area contributed by atoms with Crippen LogP contribution in [0.3, 0.4) is 0 Å². The summed E-state index contributed by atoms with van der Waals surface area (Å²) in [6.07, 6.45) is 6.88. The smallest absolute Gasteiger partial charge is 0.145 e. The Morgan fingerprint density at radius 2 is 2.20 bits per heavy atom. The lowest BCUT2D eigenvalue weighted by atomic mass is 10.3. The van der Waals surface area contributed by atoms with E-state index in [0.717, 1.165) is 19.1 Å². The van der Waals surface area contributed by atoms with Gasteiger partial charge in [0.2, 0.25) is 0 Å². The Morgan fingerprint density at radius 1 is 1.40 bits per heavy atom. The van der Waals surface area contributed by atoms with Crippen LogP contribution in [0.5, 0.6) is 0 Å². The number of allylic oxidation sites excluding steroid dienone is 1. The summed E-state index contributed by atoms with van der Waals surface area (Å²) in [6.45, 7) is 2.96. The molecule has 0 aromatic rings. The van der Waals surface area contributed by atoms with Crippen LogP contribution in [0.2, 0.25) is 0 Å². The maximum atomic E-state index is 9.75. The van der Waals surface area contributed by atoms with E-state index in [2.05, 4.69) is 19.1 Å². The van der Waals surface area contributed by atoms with Crippen LogP contribution in [0.1, 0.15) is 19.8 Å². The lowest BCUT2D eigenvalue weighted by molar-refractivity contribution is -0.111. The van der Waals surface area contributed by atoms with Gasteiger partial charge in [-0.25, -0.2) is 0 Å². The molecule has 0 rings (SSSR count). The number of aldehydes is 1. The zero-order valence-corrected chi connectivity index (χ0v) is 6.38. The number of rotatable bonds is 6. The Balaban J connectivity index is 2.89. The topological polar surface area (TPSA) is 26.3 Å². The molecular formula is C8H14O2. The van der Waals surface area contributed by atoms with Crippen molar-refractivity contribution < 1.29 is 9.53 Å². The molecule has 0 saturated heterocycles. The number of carbonyl (C=O) groups is 1. The Hall–Kier alpha value is -0.630. The molecule has 0 heterocycles. The maximum Gasteiger partial charge on any atom is 0.145 e. The number of carbonyl (C=O) groups excluding carboxylic acids is 1. The summed E-state index contributed by atoms with van der Waals surface area (Å²) in [7, 11) is 0. The van der Waals surface area contributed by atoms with Crippen LogP contribution < -0.4 is 0 Å². The van der Waals surface area contributed by atoms with Gasteiger partial charge in [0.15, 0.2) is 0 Å². The molecule has 0 amide bonds. The highest BCUT2D eigenvalue weighted by atomic mass is 16.5. The van der Waals surface area contributed by atoms with Gasteiger partial charge in [-0.2, -0.15) is 0 Å². The molecule has 0 aliphatic rings. The van der Waals surface area contributed by atoms with Crippen molar-refractivity contribution in [1.29, 1.82) is 0 Å². The van der Waals surface area contributed by atoms with Gasteiger partial charge in [-0.15, -0.1) is 0 Å². The molecule has 58 valence electrons. The largest absolute Gasteiger partial charge is 0.374 e. The van der Waals surface area contributed by atoms with Crippen LogP contribution in [0.25, 0.3) is 0 Å². The van der Waals surface area contributed by atoms with Gasteiger partial charge in [0.1, 0.15) is 12.9 Å². The van der Waals surface area contributed by atoms with E-state index in [1.165, 1.54) is 0 Å². The quantitative estimate of drug-likeness (QED) is 0.319. The Labute approximate surface area is 61.9 Å². The van der Waals surface area contributed by atoms with Crippen molar-refractivity contribution in [2.75, 3.05) is 13.2 Å². The molecule has 0 bridgehead atoms. The minimum absolute atomic E-state index is 0.222. The van der Waals surface area contributed by atoms with Gasteiger partial charge in [-0.1, -0.05) is 19.1 Å². The molecule has 0 spiro atoms. The maximum absolute atomic E-state index is 9.75. The van der Waals surface area contributed by atoms with Crippen LogP contribution in [0, 0.1) is 0 Å². The zero-order chi connectivity index (χ0) is 7.66. The second-order valence-electron chi connectivity index (χ2n) is 1.91. The Bertz CT molecular complexity index is 97.4. The summed E-state index contributed by atoms with van der Waals surface area (Å²) >= 11 is 0. The highest BCUT2D eigenvalue weighted by Crippen LogP contribution is 1.86. The molecule has 0 aromatic carbocycles. The third-order valence-electron chi connectivity index (χ3n) is 1.02. The second-order valence-corrected chi connectivity index (χ2v) is 1.91. The molecule has 0 N–H and O–H groups in total. The summed E-state index contributed by atoms with van der Waals surface area (Å²) in [4.78, 5) is 9.75. The van der Waals surface area contributed by atoms with E-state index in [1.54, 1.807) is 0 Å². The zero-order valence-electron chi connectivity index (χ0n) is 6.38. The highest BCUT2D eigenvalue weighted by Gasteiger charge is 1.81. The van der Waals surface area contributed by atoms with Crippen LogP contribution in [-0.2, 0) is 9.53 Å². The number of hydrogen-bond donors (Lipinski definition) is 0. The molecule has 0 unspecified atom stereocenters. The van der Waals surface area contributed by atoms with Crippen molar-refractivity contribution in [3.8, 4) is 0 Å². The first-order valence-corrected chi connectivity index (χ1v) is 3.58. The molecule has 2 nitrogen and oxygen atoms in total. The van der Waals surface area contributed by atoms with E-state index in [9.17, 15) is 4.79 Å². The molecule has 0 radical (unpaired) electrons. The van der Waals surface area contributed by atoms with E-state index >= 15 is 0 Å². The second kappa shape index (κ2) is 8.37. The number of ether oxygens (including phenoxy) is 1.